The van der Waals surface area contributed by atoms with E-state index in [4.69, 9.17) is 0 Å². The predicted octanol–water partition coefficient (Wildman–Crippen LogP) is 1.82. The van der Waals surface area contributed by atoms with Crippen LogP contribution in [0.15, 0.2) is 18.3 Å². The van der Waals surface area contributed by atoms with E-state index in [2.05, 4.69) is 34.7 Å². The third-order valence-electron chi connectivity index (χ3n) is 2.54. The van der Waals surface area contributed by atoms with Crippen LogP contribution in [0, 0.1) is 0 Å². The molecule has 2 rings (SSSR count). The molecule has 0 saturated carbocycles. The third kappa shape index (κ3) is 1.95. The molecule has 0 aliphatic heterocycles. The molecule has 1 aliphatic rings. The standard InChI is InChI=1S/C10H16N4/c1-2-14-10(8-11-13-14)12-9-6-4-3-5-7-9/h3-4,8-9,12H,2,5-7H2,1H3. The molecule has 0 bridgehead atoms. The number of aromatic nitrogens is 3. The first-order chi connectivity index (χ1) is 6.90. The maximum Gasteiger partial charge on any atom is 0.145 e. The molecular formula is C10H16N4. The van der Waals surface area contributed by atoms with Crippen LogP contribution in [-0.2, 0) is 6.54 Å². The zero-order valence-electron chi connectivity index (χ0n) is 8.48. The smallest absolute Gasteiger partial charge is 0.145 e. The normalized spacial score (nSPS) is 21.1. The summed E-state index contributed by atoms with van der Waals surface area (Å²) >= 11 is 0. The van der Waals surface area contributed by atoms with Crippen molar-refractivity contribution in [3.05, 3.63) is 18.3 Å². The molecule has 1 atom stereocenters. The van der Waals surface area contributed by atoms with Gasteiger partial charge in [0.15, 0.2) is 0 Å². The molecule has 1 aromatic rings. The van der Waals surface area contributed by atoms with Gasteiger partial charge in [-0.05, 0) is 26.2 Å². The quantitative estimate of drug-likeness (QED) is 0.743. The molecule has 1 heterocycles. The number of allylic oxidation sites excluding steroid dienone is 1. The Bertz CT molecular complexity index is 316. The van der Waals surface area contributed by atoms with E-state index in [1.165, 1.54) is 12.8 Å². The molecule has 0 aromatic carbocycles. The van der Waals surface area contributed by atoms with E-state index in [1.54, 1.807) is 6.20 Å². The highest BCUT2D eigenvalue weighted by molar-refractivity contribution is 5.33. The fourth-order valence-electron chi connectivity index (χ4n) is 1.74. The minimum Gasteiger partial charge on any atom is -0.366 e. The molecule has 0 saturated heterocycles. The second-order valence-electron chi connectivity index (χ2n) is 3.56. The van der Waals surface area contributed by atoms with Crippen LogP contribution in [-0.4, -0.2) is 21.0 Å². The molecule has 1 unspecified atom stereocenters. The lowest BCUT2D eigenvalue weighted by Crippen LogP contribution is -2.22. The zero-order valence-corrected chi connectivity index (χ0v) is 8.48. The van der Waals surface area contributed by atoms with Gasteiger partial charge in [0.25, 0.3) is 0 Å². The van der Waals surface area contributed by atoms with Crippen LogP contribution in [0.25, 0.3) is 0 Å². The van der Waals surface area contributed by atoms with Crippen LogP contribution >= 0.6 is 0 Å². The zero-order chi connectivity index (χ0) is 9.80. The van der Waals surface area contributed by atoms with Crippen LogP contribution in [0.4, 0.5) is 5.82 Å². The Morgan fingerprint density at radius 1 is 1.57 bits per heavy atom. The molecule has 1 aromatic heterocycles. The Morgan fingerprint density at radius 2 is 2.50 bits per heavy atom. The van der Waals surface area contributed by atoms with Crippen LogP contribution in [0.5, 0.6) is 0 Å². The highest BCUT2D eigenvalue weighted by atomic mass is 15.4. The van der Waals surface area contributed by atoms with Gasteiger partial charge in [-0.1, -0.05) is 17.4 Å². The van der Waals surface area contributed by atoms with Crippen LogP contribution in [0.1, 0.15) is 26.2 Å². The first-order valence-electron chi connectivity index (χ1n) is 5.20. The SMILES string of the molecule is CCn1nncc1NC1CC=CCC1. The molecule has 76 valence electrons. The van der Waals surface area contributed by atoms with Crippen molar-refractivity contribution in [1.29, 1.82) is 0 Å². The molecule has 14 heavy (non-hydrogen) atoms. The largest absolute Gasteiger partial charge is 0.366 e. The summed E-state index contributed by atoms with van der Waals surface area (Å²) < 4.78 is 1.89. The lowest BCUT2D eigenvalue weighted by atomic mass is 10.0. The lowest BCUT2D eigenvalue weighted by molar-refractivity contribution is 0.601. The second-order valence-corrected chi connectivity index (χ2v) is 3.56. The Morgan fingerprint density at radius 3 is 3.21 bits per heavy atom. The topological polar surface area (TPSA) is 42.7 Å². The monoisotopic (exact) mass is 192 g/mol. The number of nitrogens with one attached hydrogen (secondary N) is 1. The van der Waals surface area contributed by atoms with E-state index in [1.807, 2.05) is 4.68 Å². The highest BCUT2D eigenvalue weighted by Gasteiger charge is 2.11. The number of nitrogens with zero attached hydrogens (tertiary/aromatic N) is 3. The molecule has 0 fully saturated rings. The van der Waals surface area contributed by atoms with Gasteiger partial charge in [-0.3, -0.25) is 0 Å². The van der Waals surface area contributed by atoms with Gasteiger partial charge >= 0.3 is 0 Å². The Kier molecular flexibility index (Phi) is 2.81. The number of anilines is 1. The van der Waals surface area contributed by atoms with Crippen molar-refractivity contribution >= 4 is 5.82 Å². The third-order valence-corrected chi connectivity index (χ3v) is 2.54. The van der Waals surface area contributed by atoms with E-state index in [0.29, 0.717) is 6.04 Å². The summed E-state index contributed by atoms with van der Waals surface area (Å²) in [5, 5.41) is 11.3. The number of aryl methyl sites for hydroxylation is 1. The minimum atomic E-state index is 0.545. The van der Waals surface area contributed by atoms with Crippen molar-refractivity contribution in [2.45, 2.75) is 38.8 Å². The summed E-state index contributed by atoms with van der Waals surface area (Å²) in [5.74, 6) is 1.04. The summed E-state index contributed by atoms with van der Waals surface area (Å²) in [6, 6.07) is 0.545. The molecule has 1 aliphatic carbocycles. The van der Waals surface area contributed by atoms with Gasteiger partial charge in [0, 0.05) is 12.6 Å². The Hall–Kier alpha value is -1.32. The van der Waals surface area contributed by atoms with Gasteiger partial charge in [-0.25, -0.2) is 4.68 Å². The van der Waals surface area contributed by atoms with Gasteiger partial charge < -0.3 is 5.32 Å². The summed E-state index contributed by atoms with van der Waals surface area (Å²) in [5.41, 5.74) is 0. The van der Waals surface area contributed by atoms with E-state index >= 15 is 0 Å². The Balaban J connectivity index is 1.99. The van der Waals surface area contributed by atoms with Crippen molar-refractivity contribution in [1.82, 2.24) is 15.0 Å². The molecule has 4 heteroatoms. The van der Waals surface area contributed by atoms with Crippen LogP contribution < -0.4 is 5.32 Å². The van der Waals surface area contributed by atoms with Crippen molar-refractivity contribution in [2.24, 2.45) is 0 Å². The summed E-state index contributed by atoms with van der Waals surface area (Å²) in [4.78, 5) is 0. The van der Waals surface area contributed by atoms with Gasteiger partial charge in [0.1, 0.15) is 5.82 Å². The van der Waals surface area contributed by atoms with E-state index in [0.717, 1.165) is 18.8 Å². The van der Waals surface area contributed by atoms with Crippen molar-refractivity contribution in [3.63, 3.8) is 0 Å². The van der Waals surface area contributed by atoms with E-state index in [9.17, 15) is 0 Å². The van der Waals surface area contributed by atoms with Crippen molar-refractivity contribution in [2.75, 3.05) is 5.32 Å². The number of hydrogen-bond acceptors (Lipinski definition) is 3. The molecule has 1 N–H and O–H groups in total. The van der Waals surface area contributed by atoms with Crippen molar-refractivity contribution < 1.29 is 0 Å². The van der Waals surface area contributed by atoms with Gasteiger partial charge in [0.2, 0.25) is 0 Å². The van der Waals surface area contributed by atoms with Gasteiger partial charge in [-0.2, -0.15) is 0 Å². The fourth-order valence-corrected chi connectivity index (χ4v) is 1.74. The average molecular weight is 192 g/mol. The first-order valence-corrected chi connectivity index (χ1v) is 5.20. The maximum absolute atomic E-state index is 3.99. The van der Waals surface area contributed by atoms with Crippen molar-refractivity contribution in [3.8, 4) is 0 Å². The van der Waals surface area contributed by atoms with Gasteiger partial charge in [0.05, 0.1) is 6.20 Å². The Labute approximate surface area is 84.0 Å². The lowest BCUT2D eigenvalue weighted by Gasteiger charge is -2.20. The average Bonchev–Trinajstić information content (AvgIpc) is 2.67. The molecule has 0 amide bonds. The summed E-state index contributed by atoms with van der Waals surface area (Å²) in [7, 11) is 0. The maximum atomic E-state index is 3.99. The number of rotatable bonds is 3. The molecular weight excluding hydrogens is 176 g/mol. The minimum absolute atomic E-state index is 0.545. The number of hydrogen-bond donors (Lipinski definition) is 1. The van der Waals surface area contributed by atoms with E-state index in [-0.39, 0.29) is 0 Å². The summed E-state index contributed by atoms with van der Waals surface area (Å²) in [6.07, 6.45) is 9.75. The highest BCUT2D eigenvalue weighted by Crippen LogP contribution is 2.16. The van der Waals surface area contributed by atoms with Crippen LogP contribution in [0.3, 0.4) is 0 Å². The van der Waals surface area contributed by atoms with Gasteiger partial charge in [-0.15, -0.1) is 5.10 Å². The van der Waals surface area contributed by atoms with E-state index < -0.39 is 0 Å². The second kappa shape index (κ2) is 4.26. The molecule has 0 radical (unpaired) electrons. The fraction of sp³-hybridized carbons (Fsp3) is 0.600. The molecule has 4 nitrogen and oxygen atoms in total. The molecule has 0 spiro atoms. The predicted molar refractivity (Wildman–Crippen MR) is 56.1 cm³/mol. The first kappa shape index (κ1) is 9.24. The summed E-state index contributed by atoms with van der Waals surface area (Å²) in [6.45, 7) is 2.94. The van der Waals surface area contributed by atoms with Crippen LogP contribution in [0.2, 0.25) is 0 Å².